The molecule has 0 heterocycles. The van der Waals surface area contributed by atoms with Crippen LogP contribution in [0.3, 0.4) is 0 Å². The van der Waals surface area contributed by atoms with Crippen LogP contribution in [0.15, 0.2) is 12.2 Å². The summed E-state index contributed by atoms with van der Waals surface area (Å²) in [7, 11) is -3.99. The SMILES string of the molecule is CC=P(C)(OC(C)CC)C(C)N[PH](C)(O)CCC/C=C\C. The van der Waals surface area contributed by atoms with E-state index in [1.165, 1.54) is 0 Å². The Morgan fingerprint density at radius 2 is 1.95 bits per heavy atom. The first-order valence-corrected chi connectivity index (χ1v) is 13.1. The van der Waals surface area contributed by atoms with E-state index in [-0.39, 0.29) is 11.9 Å². The standard InChI is InChI=1S/C16H37NO2P2/c1-8-11-12-13-14-21(7,18)17-16(5)20(6,10-3)19-15(4)9-2/h8,10-11,15-18,21H,9,12-14H2,1-7H3/b11-8-. The molecule has 0 rings (SSSR count). The zero-order valence-electron chi connectivity index (χ0n) is 15.0. The first kappa shape index (κ1) is 21.4. The molecule has 0 fully saturated rings. The van der Waals surface area contributed by atoms with Crippen LogP contribution in [-0.4, -0.2) is 42.1 Å². The van der Waals surface area contributed by atoms with E-state index in [1.54, 1.807) is 0 Å². The van der Waals surface area contributed by atoms with Crippen molar-refractivity contribution in [2.24, 2.45) is 0 Å². The summed E-state index contributed by atoms with van der Waals surface area (Å²) >= 11 is 0. The van der Waals surface area contributed by atoms with Crippen LogP contribution in [0.2, 0.25) is 0 Å². The fourth-order valence-corrected chi connectivity index (χ4v) is 7.69. The van der Waals surface area contributed by atoms with Gasteiger partial charge in [-0.15, -0.1) is 0 Å². The van der Waals surface area contributed by atoms with Crippen LogP contribution >= 0.6 is 14.8 Å². The molecule has 21 heavy (non-hydrogen) atoms. The Morgan fingerprint density at radius 1 is 1.33 bits per heavy atom. The van der Waals surface area contributed by atoms with Gasteiger partial charge in [0, 0.05) is 0 Å². The average Bonchev–Trinajstić information content (AvgIpc) is 2.42. The average molecular weight is 337 g/mol. The Bertz CT molecular complexity index is 367. The van der Waals surface area contributed by atoms with Gasteiger partial charge >= 0.3 is 132 Å². The Hall–Kier alpha value is 0.350. The van der Waals surface area contributed by atoms with E-state index in [2.05, 4.69) is 57.4 Å². The summed E-state index contributed by atoms with van der Waals surface area (Å²) in [6.07, 6.45) is 8.50. The predicted octanol–water partition coefficient (Wildman–Crippen LogP) is 4.68. The van der Waals surface area contributed by atoms with Gasteiger partial charge in [-0.1, -0.05) is 0 Å². The molecule has 0 saturated carbocycles. The van der Waals surface area contributed by atoms with Gasteiger partial charge in [0.15, 0.2) is 0 Å². The number of nitrogens with one attached hydrogen (secondary N) is 1. The molecule has 5 heteroatoms. The molecule has 0 radical (unpaired) electrons. The number of hydrogen-bond donors (Lipinski definition) is 2. The second-order valence-corrected chi connectivity index (χ2v) is 13.2. The van der Waals surface area contributed by atoms with Crippen LogP contribution in [0.5, 0.6) is 0 Å². The zero-order valence-corrected chi connectivity index (χ0v) is 16.9. The molecule has 0 bridgehead atoms. The van der Waals surface area contributed by atoms with Crippen molar-refractivity contribution < 1.29 is 9.42 Å². The number of hydrogen-bond acceptors (Lipinski definition) is 3. The van der Waals surface area contributed by atoms with Crippen molar-refractivity contribution in [3.63, 3.8) is 0 Å². The fraction of sp³-hybridized carbons (Fsp3) is 0.812. The Kier molecular flexibility index (Phi) is 10.4. The zero-order chi connectivity index (χ0) is 16.5. The van der Waals surface area contributed by atoms with Gasteiger partial charge in [0.2, 0.25) is 0 Å². The molecular formula is C16H37NO2P2. The van der Waals surface area contributed by atoms with Crippen molar-refractivity contribution in [3.8, 4) is 0 Å². The molecule has 0 aliphatic carbocycles. The molecule has 3 atom stereocenters. The van der Waals surface area contributed by atoms with Gasteiger partial charge in [-0.25, -0.2) is 0 Å². The summed E-state index contributed by atoms with van der Waals surface area (Å²) in [5.41, 5.74) is 0. The van der Waals surface area contributed by atoms with Crippen LogP contribution in [0.25, 0.3) is 0 Å². The van der Waals surface area contributed by atoms with Gasteiger partial charge in [0.1, 0.15) is 0 Å². The van der Waals surface area contributed by atoms with Crippen LogP contribution < -0.4 is 5.09 Å². The molecule has 0 aliphatic heterocycles. The Labute approximate surface area is 133 Å². The van der Waals surface area contributed by atoms with Gasteiger partial charge in [-0.2, -0.15) is 0 Å². The van der Waals surface area contributed by atoms with Gasteiger partial charge in [0.25, 0.3) is 0 Å². The topological polar surface area (TPSA) is 41.5 Å². The normalized spacial score (nSPS) is 19.2. The predicted molar refractivity (Wildman–Crippen MR) is 103 cm³/mol. The van der Waals surface area contributed by atoms with Crippen LogP contribution in [-0.2, 0) is 4.52 Å². The molecule has 3 unspecified atom stereocenters. The summed E-state index contributed by atoms with van der Waals surface area (Å²) in [4.78, 5) is 10.7. The summed E-state index contributed by atoms with van der Waals surface area (Å²) in [5, 5.41) is 3.52. The van der Waals surface area contributed by atoms with E-state index < -0.39 is 14.8 Å². The maximum absolute atomic E-state index is 10.7. The molecule has 0 spiro atoms. The molecule has 0 saturated heterocycles. The molecular weight excluding hydrogens is 300 g/mol. The van der Waals surface area contributed by atoms with Crippen LogP contribution in [0.4, 0.5) is 0 Å². The van der Waals surface area contributed by atoms with E-state index >= 15 is 0 Å². The number of rotatable bonds is 10. The van der Waals surface area contributed by atoms with Crippen molar-refractivity contribution in [3.05, 3.63) is 12.2 Å². The van der Waals surface area contributed by atoms with E-state index in [9.17, 15) is 4.89 Å². The molecule has 0 aromatic rings. The van der Waals surface area contributed by atoms with Crippen molar-refractivity contribution in [1.82, 2.24) is 5.09 Å². The summed E-state index contributed by atoms with van der Waals surface area (Å²) in [6, 6.07) is 0. The number of unbranched alkanes of at least 4 members (excludes halogenated alkanes) is 1. The molecule has 0 aromatic heterocycles. The monoisotopic (exact) mass is 337 g/mol. The molecule has 0 amide bonds. The van der Waals surface area contributed by atoms with Crippen LogP contribution in [0, 0.1) is 0 Å². The molecule has 0 aliphatic rings. The van der Waals surface area contributed by atoms with E-state index in [1.807, 2.05) is 13.6 Å². The quantitative estimate of drug-likeness (QED) is 0.345. The second-order valence-electron chi connectivity index (χ2n) is 6.20. The van der Waals surface area contributed by atoms with Crippen molar-refractivity contribution in [2.75, 3.05) is 19.5 Å². The maximum atomic E-state index is 10.7. The summed E-state index contributed by atoms with van der Waals surface area (Å²) < 4.78 is 6.28. The third-order valence-corrected chi connectivity index (χ3v) is 10.2. The van der Waals surface area contributed by atoms with E-state index in [0.29, 0.717) is 0 Å². The number of allylic oxidation sites excluding steroid dienone is 2. The third kappa shape index (κ3) is 8.53. The van der Waals surface area contributed by atoms with Crippen molar-refractivity contribution in [2.45, 2.75) is 65.8 Å². The summed E-state index contributed by atoms with van der Waals surface area (Å²) in [6.45, 7) is 14.8. The Balaban J connectivity index is 4.64. The van der Waals surface area contributed by atoms with Crippen LogP contribution in [0.1, 0.15) is 53.9 Å². The molecule has 2 N–H and O–H groups in total. The van der Waals surface area contributed by atoms with Crippen molar-refractivity contribution in [1.29, 1.82) is 0 Å². The van der Waals surface area contributed by atoms with Gasteiger partial charge in [-0.3, -0.25) is 0 Å². The minimum atomic E-state index is -2.36. The van der Waals surface area contributed by atoms with E-state index in [0.717, 1.165) is 25.4 Å². The van der Waals surface area contributed by atoms with Gasteiger partial charge in [-0.05, 0) is 0 Å². The fourth-order valence-electron chi connectivity index (χ4n) is 2.22. The second kappa shape index (κ2) is 10.2. The first-order chi connectivity index (χ1) is 9.70. The molecule has 128 valence electrons. The first-order valence-electron chi connectivity index (χ1n) is 8.16. The van der Waals surface area contributed by atoms with Gasteiger partial charge < -0.3 is 0 Å². The van der Waals surface area contributed by atoms with Crippen molar-refractivity contribution >= 4 is 20.5 Å². The minimum absolute atomic E-state index is 0.208. The Morgan fingerprint density at radius 3 is 2.43 bits per heavy atom. The third-order valence-electron chi connectivity index (χ3n) is 4.05. The van der Waals surface area contributed by atoms with E-state index in [4.69, 9.17) is 4.52 Å². The molecule has 0 aromatic carbocycles. The van der Waals surface area contributed by atoms with Gasteiger partial charge in [0.05, 0.1) is 0 Å². The molecule has 3 nitrogen and oxygen atoms in total. The summed E-state index contributed by atoms with van der Waals surface area (Å²) in [5.74, 6) is 2.42.